The molecule has 1 amide bonds. The summed E-state index contributed by atoms with van der Waals surface area (Å²) < 4.78 is 0.923. The molecule has 3 nitrogen and oxygen atoms in total. The SMILES string of the molecule is CCCCCCCCCCCCCCCCCCCCCC(=O)NCC(C)(C)C[N+](C)(C)Cc1ccccc1. The molecule has 0 aromatic heterocycles. The topological polar surface area (TPSA) is 29.1 Å². The van der Waals surface area contributed by atoms with Crippen LogP contribution in [0.2, 0.25) is 0 Å². The number of carbonyl (C=O) groups is 1. The Labute approximate surface area is 244 Å². The summed E-state index contributed by atoms with van der Waals surface area (Å²) in [5.74, 6) is 0.225. The van der Waals surface area contributed by atoms with E-state index >= 15 is 0 Å². The van der Waals surface area contributed by atoms with Crippen molar-refractivity contribution < 1.29 is 9.28 Å². The molecule has 3 heteroatoms. The van der Waals surface area contributed by atoms with E-state index in [0.29, 0.717) is 6.42 Å². The molecule has 0 spiro atoms. The van der Waals surface area contributed by atoms with Gasteiger partial charge < -0.3 is 9.80 Å². The van der Waals surface area contributed by atoms with E-state index in [-0.39, 0.29) is 11.3 Å². The first-order valence-electron chi connectivity index (χ1n) is 16.9. The Kier molecular flexibility index (Phi) is 20.4. The highest BCUT2D eigenvalue weighted by molar-refractivity contribution is 5.75. The fourth-order valence-corrected chi connectivity index (χ4v) is 6.14. The number of carbonyl (C=O) groups excluding carboxylic acids is 1. The lowest BCUT2D eigenvalue weighted by atomic mass is 9.91. The molecule has 0 aliphatic heterocycles. The second kappa shape index (κ2) is 22.4. The van der Waals surface area contributed by atoms with E-state index < -0.39 is 0 Å². The van der Waals surface area contributed by atoms with Gasteiger partial charge >= 0.3 is 0 Å². The van der Waals surface area contributed by atoms with Gasteiger partial charge in [0.15, 0.2) is 0 Å². The van der Waals surface area contributed by atoms with Gasteiger partial charge in [0.25, 0.3) is 0 Å². The highest BCUT2D eigenvalue weighted by Gasteiger charge is 2.29. The quantitative estimate of drug-likeness (QED) is 0.0913. The molecule has 1 rings (SSSR count). The van der Waals surface area contributed by atoms with Crippen LogP contribution in [0.3, 0.4) is 0 Å². The molecule has 0 heterocycles. The average molecular weight is 544 g/mol. The van der Waals surface area contributed by atoms with Gasteiger partial charge in [-0.15, -0.1) is 0 Å². The van der Waals surface area contributed by atoms with Crippen LogP contribution in [0.25, 0.3) is 0 Å². The molecule has 0 fully saturated rings. The van der Waals surface area contributed by atoms with Crippen LogP contribution in [-0.4, -0.2) is 37.6 Å². The minimum atomic E-state index is 0.0709. The number of benzene rings is 1. The van der Waals surface area contributed by atoms with Crippen molar-refractivity contribution in [2.75, 3.05) is 27.2 Å². The Morgan fingerprint density at radius 1 is 0.667 bits per heavy atom. The summed E-state index contributed by atoms with van der Waals surface area (Å²) in [4.78, 5) is 12.4. The molecule has 0 radical (unpaired) electrons. The highest BCUT2D eigenvalue weighted by Crippen LogP contribution is 2.21. The fourth-order valence-electron chi connectivity index (χ4n) is 6.14. The molecule has 0 saturated heterocycles. The van der Waals surface area contributed by atoms with Crippen LogP contribution in [0.15, 0.2) is 30.3 Å². The lowest BCUT2D eigenvalue weighted by Gasteiger charge is -2.37. The van der Waals surface area contributed by atoms with Gasteiger partial charge in [-0.1, -0.05) is 167 Å². The van der Waals surface area contributed by atoms with Crippen molar-refractivity contribution in [3.8, 4) is 0 Å². The van der Waals surface area contributed by atoms with Gasteiger partial charge in [-0.2, -0.15) is 0 Å². The van der Waals surface area contributed by atoms with E-state index in [1.165, 1.54) is 121 Å². The van der Waals surface area contributed by atoms with Crippen molar-refractivity contribution in [2.45, 2.75) is 156 Å². The summed E-state index contributed by atoms with van der Waals surface area (Å²) >= 11 is 0. The maximum Gasteiger partial charge on any atom is 0.220 e. The zero-order valence-corrected chi connectivity index (χ0v) is 27.0. The number of nitrogens with zero attached hydrogens (tertiary/aromatic N) is 1. The standard InChI is InChI=1S/C36H66N2O/c1-6-7-8-9-10-11-12-13-14-15-16-17-18-19-20-21-22-23-27-30-35(39)37-32-36(2,3)33-38(4,5)31-34-28-25-24-26-29-34/h24-26,28-29H,6-23,27,30-33H2,1-5H3/p+1. The smallest absolute Gasteiger partial charge is 0.220 e. The zero-order chi connectivity index (χ0) is 28.7. The number of hydrogen-bond acceptors (Lipinski definition) is 1. The molecule has 0 aliphatic carbocycles. The van der Waals surface area contributed by atoms with Crippen LogP contribution in [-0.2, 0) is 11.3 Å². The third-order valence-corrected chi connectivity index (χ3v) is 8.08. The highest BCUT2D eigenvalue weighted by atomic mass is 16.1. The molecule has 0 aliphatic rings. The normalized spacial score (nSPS) is 12.1. The maximum absolute atomic E-state index is 12.4. The van der Waals surface area contributed by atoms with E-state index in [1.807, 2.05) is 0 Å². The first-order valence-corrected chi connectivity index (χ1v) is 16.9. The Balaban J connectivity index is 1.91. The molecule has 0 saturated carbocycles. The second-order valence-corrected chi connectivity index (χ2v) is 13.8. The van der Waals surface area contributed by atoms with Crippen LogP contribution in [0.4, 0.5) is 0 Å². The van der Waals surface area contributed by atoms with E-state index in [2.05, 4.69) is 70.5 Å². The van der Waals surface area contributed by atoms with Crippen molar-refractivity contribution in [2.24, 2.45) is 5.41 Å². The van der Waals surface area contributed by atoms with Gasteiger partial charge in [0.05, 0.1) is 20.6 Å². The number of unbranched alkanes of at least 4 members (excludes halogenated alkanes) is 18. The first kappa shape index (κ1) is 35.7. The molecule has 0 atom stereocenters. The van der Waals surface area contributed by atoms with Crippen molar-refractivity contribution in [1.29, 1.82) is 0 Å². The van der Waals surface area contributed by atoms with Gasteiger partial charge in [0.1, 0.15) is 6.54 Å². The third kappa shape index (κ3) is 22.1. The fraction of sp³-hybridized carbons (Fsp3) is 0.806. The Bertz CT molecular complexity index is 697. The molecule has 39 heavy (non-hydrogen) atoms. The first-order chi connectivity index (χ1) is 18.7. The second-order valence-electron chi connectivity index (χ2n) is 13.8. The zero-order valence-electron chi connectivity index (χ0n) is 27.0. The van der Waals surface area contributed by atoms with Gasteiger partial charge in [-0.25, -0.2) is 0 Å². The number of rotatable bonds is 26. The van der Waals surface area contributed by atoms with Gasteiger partial charge in [0, 0.05) is 23.9 Å². The predicted octanol–water partition coefficient (Wildman–Crippen LogP) is 10.2. The molecule has 1 aromatic carbocycles. The number of hydrogen-bond donors (Lipinski definition) is 1. The lowest BCUT2D eigenvalue weighted by Crippen LogP contribution is -2.49. The Morgan fingerprint density at radius 2 is 1.08 bits per heavy atom. The van der Waals surface area contributed by atoms with Crippen molar-refractivity contribution in [3.63, 3.8) is 0 Å². The lowest BCUT2D eigenvalue weighted by molar-refractivity contribution is -0.909. The minimum Gasteiger partial charge on any atom is -0.355 e. The van der Waals surface area contributed by atoms with E-state index in [9.17, 15) is 4.79 Å². The largest absolute Gasteiger partial charge is 0.355 e. The third-order valence-electron chi connectivity index (χ3n) is 8.08. The van der Waals surface area contributed by atoms with Crippen molar-refractivity contribution in [3.05, 3.63) is 35.9 Å². The minimum absolute atomic E-state index is 0.0709. The Hall–Kier alpha value is -1.35. The predicted molar refractivity (Wildman–Crippen MR) is 172 cm³/mol. The van der Waals surface area contributed by atoms with Gasteiger partial charge in [0.2, 0.25) is 5.91 Å². The maximum atomic E-state index is 12.4. The van der Waals surface area contributed by atoms with Crippen LogP contribution in [0.5, 0.6) is 0 Å². The molecule has 0 bridgehead atoms. The summed E-state index contributed by atoms with van der Waals surface area (Å²) in [5.41, 5.74) is 1.44. The van der Waals surface area contributed by atoms with E-state index in [1.54, 1.807) is 0 Å². The van der Waals surface area contributed by atoms with Crippen LogP contribution in [0, 0.1) is 5.41 Å². The van der Waals surface area contributed by atoms with Crippen LogP contribution >= 0.6 is 0 Å². The molecule has 0 unspecified atom stereocenters. The molecule has 226 valence electrons. The summed E-state index contributed by atoms with van der Waals surface area (Å²) in [6.07, 6.45) is 27.0. The number of amides is 1. The molecule has 1 aromatic rings. The summed E-state index contributed by atoms with van der Waals surface area (Å²) in [6, 6.07) is 10.7. The summed E-state index contributed by atoms with van der Waals surface area (Å²) in [5, 5.41) is 3.22. The summed E-state index contributed by atoms with van der Waals surface area (Å²) in [7, 11) is 4.57. The average Bonchev–Trinajstić information content (AvgIpc) is 2.88. The molecular formula is C36H67N2O+. The van der Waals surface area contributed by atoms with Gasteiger partial charge in [-0.3, -0.25) is 4.79 Å². The van der Waals surface area contributed by atoms with Crippen molar-refractivity contribution >= 4 is 5.91 Å². The monoisotopic (exact) mass is 544 g/mol. The molecule has 1 N–H and O–H groups in total. The number of quaternary nitrogens is 1. The van der Waals surface area contributed by atoms with Gasteiger partial charge in [-0.05, 0) is 6.42 Å². The number of nitrogens with one attached hydrogen (secondary N) is 1. The Morgan fingerprint density at radius 3 is 1.51 bits per heavy atom. The van der Waals surface area contributed by atoms with Crippen molar-refractivity contribution in [1.82, 2.24) is 5.32 Å². The van der Waals surface area contributed by atoms with E-state index in [0.717, 1.165) is 30.5 Å². The summed E-state index contributed by atoms with van der Waals surface area (Å²) in [6.45, 7) is 9.63. The van der Waals surface area contributed by atoms with Crippen LogP contribution in [0.1, 0.15) is 155 Å². The molecular weight excluding hydrogens is 476 g/mol. The van der Waals surface area contributed by atoms with E-state index in [4.69, 9.17) is 0 Å². The van der Waals surface area contributed by atoms with Crippen LogP contribution < -0.4 is 5.32 Å².